The van der Waals surface area contributed by atoms with E-state index in [0.29, 0.717) is 19.3 Å². The molecule has 0 saturated carbocycles. The largest absolute Gasteiger partial charge is 0.397 e. The molecule has 92 valence electrons. The third kappa shape index (κ3) is 10.1. The van der Waals surface area contributed by atoms with E-state index in [9.17, 15) is 8.42 Å². The fraction of sp³-hybridized carbons (Fsp3) is 1.00. The lowest BCUT2D eigenvalue weighted by atomic mass is 10.0. The van der Waals surface area contributed by atoms with Crippen LogP contribution in [-0.4, -0.2) is 30.3 Å². The summed E-state index contributed by atoms with van der Waals surface area (Å²) in [6.45, 7) is 5.49. The van der Waals surface area contributed by atoms with Gasteiger partial charge in [-0.15, -0.1) is 0 Å². The molecule has 2 N–H and O–H groups in total. The van der Waals surface area contributed by atoms with Gasteiger partial charge in [0.05, 0.1) is 12.2 Å². The van der Waals surface area contributed by atoms with E-state index in [-0.39, 0.29) is 5.92 Å². The van der Waals surface area contributed by atoms with Crippen molar-refractivity contribution >= 4 is 10.4 Å². The second-order valence-corrected chi connectivity index (χ2v) is 5.25. The lowest BCUT2D eigenvalue weighted by Crippen LogP contribution is -2.21. The van der Waals surface area contributed by atoms with E-state index in [1.807, 2.05) is 13.8 Å². The molecule has 0 aliphatic rings. The maximum absolute atomic E-state index is 10.5. The van der Waals surface area contributed by atoms with Gasteiger partial charge in [-0.25, -0.2) is 4.18 Å². The molecular weight excluding hydrogens is 220 g/mol. The highest BCUT2D eigenvalue weighted by Crippen LogP contribution is 2.16. The molecule has 0 aromatic carbocycles. The van der Waals surface area contributed by atoms with Crippen molar-refractivity contribution in [2.75, 3.05) is 0 Å². The van der Waals surface area contributed by atoms with Crippen molar-refractivity contribution in [1.29, 1.82) is 0 Å². The van der Waals surface area contributed by atoms with Crippen molar-refractivity contribution in [2.24, 2.45) is 5.92 Å². The van der Waals surface area contributed by atoms with Crippen LogP contribution in [0, 0.1) is 5.92 Å². The first-order valence-corrected chi connectivity index (χ1v) is 6.41. The van der Waals surface area contributed by atoms with E-state index < -0.39 is 22.6 Å². The molecule has 0 aromatic heterocycles. The zero-order valence-electron chi connectivity index (χ0n) is 9.38. The van der Waals surface area contributed by atoms with E-state index in [1.165, 1.54) is 0 Å². The van der Waals surface area contributed by atoms with Gasteiger partial charge in [-0.05, 0) is 32.1 Å². The first-order valence-electron chi connectivity index (χ1n) is 5.04. The monoisotopic (exact) mass is 240 g/mol. The van der Waals surface area contributed by atoms with Crippen LogP contribution in [0.25, 0.3) is 0 Å². The Kier molecular flexibility index (Phi) is 6.35. The fourth-order valence-electron chi connectivity index (χ4n) is 1.33. The van der Waals surface area contributed by atoms with Gasteiger partial charge in [-0.3, -0.25) is 4.55 Å². The van der Waals surface area contributed by atoms with Gasteiger partial charge in [0.2, 0.25) is 0 Å². The molecule has 0 aliphatic heterocycles. The Labute approximate surface area is 91.4 Å². The fourth-order valence-corrected chi connectivity index (χ4v) is 1.85. The predicted molar refractivity (Wildman–Crippen MR) is 56.8 cm³/mol. The number of aliphatic hydroxyl groups excluding tert-OH is 1. The van der Waals surface area contributed by atoms with Crippen molar-refractivity contribution in [2.45, 2.75) is 52.2 Å². The molecule has 0 amide bonds. The average molecular weight is 240 g/mol. The van der Waals surface area contributed by atoms with Crippen LogP contribution in [0.15, 0.2) is 0 Å². The van der Waals surface area contributed by atoms with E-state index in [0.717, 1.165) is 0 Å². The van der Waals surface area contributed by atoms with Gasteiger partial charge in [0.1, 0.15) is 0 Å². The standard InChI is InChI=1S/C9H20O5S/c1-7(2)6-9(5-4-8(3)10)14-15(11,12)13/h7-10H,4-6H2,1-3H3,(H,11,12,13)/t8-,9-/m0/s1. The van der Waals surface area contributed by atoms with Gasteiger partial charge in [0, 0.05) is 0 Å². The second kappa shape index (κ2) is 6.42. The van der Waals surface area contributed by atoms with Crippen LogP contribution < -0.4 is 0 Å². The smallest absolute Gasteiger partial charge is 0.393 e. The summed E-state index contributed by atoms with van der Waals surface area (Å²) in [5.74, 6) is 0.269. The molecule has 6 heteroatoms. The highest BCUT2D eigenvalue weighted by Gasteiger charge is 2.18. The summed E-state index contributed by atoms with van der Waals surface area (Å²) >= 11 is 0. The maximum atomic E-state index is 10.5. The summed E-state index contributed by atoms with van der Waals surface area (Å²) in [6.07, 6.45) is 0.342. The van der Waals surface area contributed by atoms with Crippen LogP contribution in [0.2, 0.25) is 0 Å². The normalized spacial score (nSPS) is 16.7. The first-order chi connectivity index (χ1) is 6.70. The van der Waals surface area contributed by atoms with Gasteiger partial charge >= 0.3 is 10.4 Å². The number of aliphatic hydroxyl groups is 1. The molecule has 0 saturated heterocycles. The first kappa shape index (κ1) is 14.8. The Morgan fingerprint density at radius 2 is 1.73 bits per heavy atom. The van der Waals surface area contributed by atoms with Crippen LogP contribution in [0.1, 0.15) is 40.0 Å². The van der Waals surface area contributed by atoms with Gasteiger partial charge in [-0.2, -0.15) is 8.42 Å². The Morgan fingerprint density at radius 3 is 2.07 bits per heavy atom. The minimum Gasteiger partial charge on any atom is -0.393 e. The zero-order valence-corrected chi connectivity index (χ0v) is 10.2. The summed E-state index contributed by atoms with van der Waals surface area (Å²) in [5.41, 5.74) is 0. The zero-order chi connectivity index (χ0) is 12.1. The molecule has 15 heavy (non-hydrogen) atoms. The second-order valence-electron chi connectivity index (χ2n) is 4.20. The molecule has 0 bridgehead atoms. The molecule has 0 rings (SSSR count). The summed E-state index contributed by atoms with van der Waals surface area (Å²) in [7, 11) is -4.40. The highest BCUT2D eigenvalue weighted by molar-refractivity contribution is 7.80. The molecule has 5 nitrogen and oxygen atoms in total. The molecule has 0 spiro atoms. The molecular formula is C9H20O5S. The Morgan fingerprint density at radius 1 is 1.20 bits per heavy atom. The highest BCUT2D eigenvalue weighted by atomic mass is 32.3. The SMILES string of the molecule is CC(C)C[C@H](CC[C@H](C)O)OS(=O)(=O)O. The predicted octanol–water partition coefficient (Wildman–Crippen LogP) is 1.38. The summed E-state index contributed by atoms with van der Waals surface area (Å²) in [6, 6.07) is 0. The quantitative estimate of drug-likeness (QED) is 0.657. The summed E-state index contributed by atoms with van der Waals surface area (Å²) in [5, 5.41) is 9.07. The third-order valence-corrected chi connectivity index (χ3v) is 2.41. The Balaban J connectivity index is 4.19. The molecule has 0 fully saturated rings. The van der Waals surface area contributed by atoms with Crippen molar-refractivity contribution in [1.82, 2.24) is 0 Å². The number of rotatable bonds is 7. The van der Waals surface area contributed by atoms with Gasteiger partial charge in [0.15, 0.2) is 0 Å². The summed E-state index contributed by atoms with van der Waals surface area (Å²) < 4.78 is 34.1. The minimum absolute atomic E-state index is 0.269. The van der Waals surface area contributed by atoms with Crippen LogP contribution in [0.5, 0.6) is 0 Å². The van der Waals surface area contributed by atoms with Crippen LogP contribution in [0.4, 0.5) is 0 Å². The van der Waals surface area contributed by atoms with Gasteiger partial charge in [-0.1, -0.05) is 13.8 Å². The molecule has 0 aromatic rings. The van der Waals surface area contributed by atoms with Crippen molar-refractivity contribution < 1.29 is 22.3 Å². The molecule has 2 atom stereocenters. The molecule has 0 unspecified atom stereocenters. The van der Waals surface area contributed by atoms with Crippen LogP contribution >= 0.6 is 0 Å². The van der Waals surface area contributed by atoms with Crippen molar-refractivity contribution in [3.63, 3.8) is 0 Å². The Hall–Kier alpha value is -0.170. The van der Waals surface area contributed by atoms with E-state index >= 15 is 0 Å². The lowest BCUT2D eigenvalue weighted by Gasteiger charge is -2.18. The van der Waals surface area contributed by atoms with Crippen LogP contribution in [0.3, 0.4) is 0 Å². The molecule has 0 aliphatic carbocycles. The van der Waals surface area contributed by atoms with E-state index in [1.54, 1.807) is 6.92 Å². The average Bonchev–Trinajstić information content (AvgIpc) is 1.95. The van der Waals surface area contributed by atoms with Crippen molar-refractivity contribution in [3.8, 4) is 0 Å². The van der Waals surface area contributed by atoms with E-state index in [2.05, 4.69) is 4.18 Å². The van der Waals surface area contributed by atoms with E-state index in [4.69, 9.17) is 9.66 Å². The summed E-state index contributed by atoms with van der Waals surface area (Å²) in [4.78, 5) is 0. The number of hydrogen-bond donors (Lipinski definition) is 2. The van der Waals surface area contributed by atoms with Gasteiger partial charge in [0.25, 0.3) is 0 Å². The van der Waals surface area contributed by atoms with Crippen LogP contribution in [-0.2, 0) is 14.6 Å². The maximum Gasteiger partial charge on any atom is 0.397 e. The number of hydrogen-bond acceptors (Lipinski definition) is 4. The van der Waals surface area contributed by atoms with Gasteiger partial charge < -0.3 is 5.11 Å². The molecule has 0 radical (unpaired) electrons. The molecule has 0 heterocycles. The lowest BCUT2D eigenvalue weighted by molar-refractivity contribution is 0.117. The third-order valence-electron chi connectivity index (χ3n) is 1.90. The Bertz CT molecular complexity index is 258. The minimum atomic E-state index is -4.40. The van der Waals surface area contributed by atoms with Crippen molar-refractivity contribution in [3.05, 3.63) is 0 Å². The topological polar surface area (TPSA) is 83.8 Å².